The molecular formula is C21H27N3OS. The minimum atomic E-state index is 0.0144. The summed E-state index contributed by atoms with van der Waals surface area (Å²) in [6.07, 6.45) is 2.90. The highest BCUT2D eigenvalue weighted by Gasteiger charge is 2.27. The Hall–Kier alpha value is -1.82. The first-order valence-corrected chi connectivity index (χ1v) is 10.4. The number of amides is 1. The number of carbonyl (C=O) groups excluding carboxylic acids is 1. The van der Waals surface area contributed by atoms with Gasteiger partial charge in [-0.15, -0.1) is 0 Å². The molecule has 1 aliphatic heterocycles. The van der Waals surface area contributed by atoms with E-state index in [0.717, 1.165) is 19.5 Å². The Morgan fingerprint density at radius 1 is 1.08 bits per heavy atom. The largest absolute Gasteiger partial charge is 0.355 e. The van der Waals surface area contributed by atoms with Crippen LogP contribution < -0.4 is 15.4 Å². The van der Waals surface area contributed by atoms with E-state index in [-0.39, 0.29) is 17.7 Å². The zero-order chi connectivity index (χ0) is 18.2. The van der Waals surface area contributed by atoms with Crippen LogP contribution in [0, 0.1) is 5.92 Å². The van der Waals surface area contributed by atoms with Gasteiger partial charge in [-0.1, -0.05) is 72.6 Å². The topological polar surface area (TPSA) is 53.2 Å². The van der Waals surface area contributed by atoms with Crippen molar-refractivity contribution in [2.45, 2.75) is 18.4 Å². The molecule has 5 heteroatoms. The summed E-state index contributed by atoms with van der Waals surface area (Å²) in [5.41, 5.74) is 2.45. The predicted octanol–water partition coefficient (Wildman–Crippen LogP) is 2.78. The van der Waals surface area contributed by atoms with E-state index in [2.05, 4.69) is 63.9 Å². The number of nitrogens with one attached hydrogen (secondary N) is 3. The molecule has 2 atom stereocenters. The lowest BCUT2D eigenvalue weighted by molar-refractivity contribution is -0.125. The van der Waals surface area contributed by atoms with Gasteiger partial charge in [-0.3, -0.25) is 9.52 Å². The second-order valence-corrected chi connectivity index (χ2v) is 7.37. The molecule has 0 aromatic heterocycles. The fourth-order valence-electron chi connectivity index (χ4n) is 3.54. The molecule has 1 heterocycles. The first-order chi connectivity index (χ1) is 12.8. The highest BCUT2D eigenvalue weighted by molar-refractivity contribution is 7.96. The van der Waals surface area contributed by atoms with Gasteiger partial charge >= 0.3 is 0 Å². The molecule has 0 spiro atoms. The highest BCUT2D eigenvalue weighted by Crippen LogP contribution is 2.24. The molecule has 1 amide bonds. The monoisotopic (exact) mass is 369 g/mol. The molecule has 0 saturated carbocycles. The Kier molecular flexibility index (Phi) is 7.12. The van der Waals surface area contributed by atoms with Gasteiger partial charge in [0, 0.05) is 31.6 Å². The van der Waals surface area contributed by atoms with Crippen LogP contribution in [0.1, 0.15) is 23.5 Å². The molecule has 138 valence electrons. The fraction of sp³-hybridized carbons (Fsp3) is 0.381. The highest BCUT2D eigenvalue weighted by atomic mass is 32.2. The average molecular weight is 370 g/mol. The maximum Gasteiger partial charge on any atom is 0.224 e. The van der Waals surface area contributed by atoms with Crippen LogP contribution in [0.2, 0.25) is 0 Å². The Morgan fingerprint density at radius 2 is 1.69 bits per heavy atom. The van der Waals surface area contributed by atoms with Crippen LogP contribution in [0.15, 0.2) is 60.7 Å². The number of rotatable bonds is 7. The standard InChI is InChI=1S/C21H27N3OS/c1-26-24-19-12-18(13-22-14-19)21(25)23-15-20(16-8-4-2-5-9-16)17-10-6-3-7-11-17/h2-11,18-20,22,24H,12-15H2,1H3,(H,23,25)/t18-,19+/m0/s1. The zero-order valence-electron chi connectivity index (χ0n) is 15.2. The molecule has 0 unspecified atom stereocenters. The quantitative estimate of drug-likeness (QED) is 0.657. The van der Waals surface area contributed by atoms with Crippen molar-refractivity contribution in [1.29, 1.82) is 0 Å². The van der Waals surface area contributed by atoms with Gasteiger partial charge in [0.1, 0.15) is 0 Å². The molecule has 26 heavy (non-hydrogen) atoms. The third-order valence-corrected chi connectivity index (χ3v) is 5.46. The maximum atomic E-state index is 12.7. The van der Waals surface area contributed by atoms with E-state index >= 15 is 0 Å². The normalized spacial score (nSPS) is 20.1. The molecule has 1 saturated heterocycles. The molecule has 3 N–H and O–H groups in total. The van der Waals surface area contributed by atoms with Crippen molar-refractivity contribution in [3.05, 3.63) is 71.8 Å². The van der Waals surface area contributed by atoms with Gasteiger partial charge in [0.25, 0.3) is 0 Å². The summed E-state index contributed by atoms with van der Waals surface area (Å²) in [6, 6.07) is 21.1. The number of benzene rings is 2. The van der Waals surface area contributed by atoms with Crippen LogP contribution in [0.3, 0.4) is 0 Å². The molecule has 2 aromatic rings. The van der Waals surface area contributed by atoms with Crippen molar-refractivity contribution in [2.24, 2.45) is 5.92 Å². The van der Waals surface area contributed by atoms with Crippen molar-refractivity contribution in [2.75, 3.05) is 25.9 Å². The van der Waals surface area contributed by atoms with Gasteiger partial charge in [0.2, 0.25) is 5.91 Å². The second-order valence-electron chi connectivity index (χ2n) is 6.73. The van der Waals surface area contributed by atoms with Gasteiger partial charge in [0.05, 0.1) is 5.92 Å². The predicted molar refractivity (Wildman–Crippen MR) is 109 cm³/mol. The third-order valence-electron chi connectivity index (χ3n) is 4.89. The summed E-state index contributed by atoms with van der Waals surface area (Å²) in [5, 5.41) is 6.56. The van der Waals surface area contributed by atoms with Gasteiger partial charge in [0.15, 0.2) is 0 Å². The van der Waals surface area contributed by atoms with Crippen LogP contribution in [-0.4, -0.2) is 37.8 Å². The molecule has 1 fully saturated rings. The minimum absolute atomic E-state index is 0.0144. The van der Waals surface area contributed by atoms with Gasteiger partial charge < -0.3 is 10.6 Å². The van der Waals surface area contributed by atoms with E-state index in [1.165, 1.54) is 11.1 Å². The third kappa shape index (κ3) is 5.10. The van der Waals surface area contributed by atoms with Crippen molar-refractivity contribution in [3.8, 4) is 0 Å². The minimum Gasteiger partial charge on any atom is -0.355 e. The number of piperidine rings is 1. The first-order valence-electron chi connectivity index (χ1n) is 9.14. The zero-order valence-corrected chi connectivity index (χ0v) is 16.0. The molecule has 0 bridgehead atoms. The Balaban J connectivity index is 1.65. The number of hydrogen-bond donors (Lipinski definition) is 3. The summed E-state index contributed by atoms with van der Waals surface area (Å²) in [4.78, 5) is 12.7. The van der Waals surface area contributed by atoms with E-state index in [0.29, 0.717) is 12.6 Å². The molecule has 4 nitrogen and oxygen atoms in total. The molecule has 0 radical (unpaired) electrons. The SMILES string of the molecule is CSN[C@H]1CNC[C@@H](C(=O)NCC(c2ccccc2)c2ccccc2)C1. The van der Waals surface area contributed by atoms with Crippen molar-refractivity contribution < 1.29 is 4.79 Å². The smallest absolute Gasteiger partial charge is 0.224 e. The van der Waals surface area contributed by atoms with Crippen LogP contribution in [0.4, 0.5) is 0 Å². The lowest BCUT2D eigenvalue weighted by Gasteiger charge is -2.30. The molecule has 0 aliphatic carbocycles. The van der Waals surface area contributed by atoms with Gasteiger partial charge in [-0.05, 0) is 23.8 Å². The van der Waals surface area contributed by atoms with E-state index in [9.17, 15) is 4.79 Å². The molecule has 2 aromatic carbocycles. The van der Waals surface area contributed by atoms with Crippen molar-refractivity contribution in [1.82, 2.24) is 15.4 Å². The first kappa shape index (κ1) is 19.0. The average Bonchev–Trinajstić information content (AvgIpc) is 2.70. The van der Waals surface area contributed by atoms with Crippen LogP contribution in [0.25, 0.3) is 0 Å². The van der Waals surface area contributed by atoms with Crippen LogP contribution in [-0.2, 0) is 4.79 Å². The van der Waals surface area contributed by atoms with Crippen LogP contribution in [0.5, 0.6) is 0 Å². The maximum absolute atomic E-state index is 12.7. The van der Waals surface area contributed by atoms with Gasteiger partial charge in [-0.2, -0.15) is 0 Å². The van der Waals surface area contributed by atoms with Crippen molar-refractivity contribution in [3.63, 3.8) is 0 Å². The van der Waals surface area contributed by atoms with Crippen LogP contribution >= 0.6 is 11.9 Å². The number of hydrogen-bond acceptors (Lipinski definition) is 4. The number of carbonyl (C=O) groups is 1. The molecule has 1 aliphatic rings. The van der Waals surface area contributed by atoms with E-state index in [1.54, 1.807) is 11.9 Å². The molecule has 3 rings (SSSR count). The Labute approximate surface area is 160 Å². The summed E-state index contributed by atoms with van der Waals surface area (Å²) in [6.45, 7) is 2.28. The van der Waals surface area contributed by atoms with Crippen molar-refractivity contribution >= 4 is 17.9 Å². The summed E-state index contributed by atoms with van der Waals surface area (Å²) < 4.78 is 3.36. The lowest BCUT2D eigenvalue weighted by Crippen LogP contribution is -2.49. The fourth-order valence-corrected chi connectivity index (χ4v) is 4.06. The summed E-state index contributed by atoms with van der Waals surface area (Å²) in [7, 11) is 0. The summed E-state index contributed by atoms with van der Waals surface area (Å²) >= 11 is 1.61. The van der Waals surface area contributed by atoms with Gasteiger partial charge in [-0.25, -0.2) is 0 Å². The van der Waals surface area contributed by atoms with E-state index in [1.807, 2.05) is 18.4 Å². The second kappa shape index (κ2) is 9.76. The van der Waals surface area contributed by atoms with E-state index < -0.39 is 0 Å². The Bertz CT molecular complexity index is 639. The lowest BCUT2D eigenvalue weighted by atomic mass is 9.90. The molecular weight excluding hydrogens is 342 g/mol. The summed E-state index contributed by atoms with van der Waals surface area (Å²) in [5.74, 6) is 0.320. The Morgan fingerprint density at radius 3 is 2.27 bits per heavy atom. The van der Waals surface area contributed by atoms with E-state index in [4.69, 9.17) is 0 Å².